The maximum Gasteiger partial charge on any atom is 0.492 e. The van der Waals surface area contributed by atoms with Gasteiger partial charge in [-0.15, -0.1) is 6.58 Å². The Balaban J connectivity index is 3.02. The van der Waals surface area contributed by atoms with Gasteiger partial charge in [-0.25, -0.2) is 0 Å². The van der Waals surface area contributed by atoms with Crippen LogP contribution in [-0.2, 0) is 0 Å². The number of unbranched alkanes of at least 4 members (excludes halogenated alkanes) is 7. The molecule has 0 spiro atoms. The van der Waals surface area contributed by atoms with E-state index in [9.17, 15) is 0 Å². The largest absolute Gasteiger partial charge is 0.492 e. The Morgan fingerprint density at radius 3 is 1.73 bits per heavy atom. The molecule has 0 saturated carbocycles. The highest BCUT2D eigenvalue weighted by atomic mass is 28.4. The van der Waals surface area contributed by atoms with Gasteiger partial charge in [-0.05, 0) is 19.3 Å². The number of hydrogen-bond acceptors (Lipinski definition) is 3. The molecule has 0 bridgehead atoms. The second-order valence-corrected chi connectivity index (χ2v) is 6.13. The molecule has 0 aromatic heterocycles. The van der Waals surface area contributed by atoms with Gasteiger partial charge in [0.25, 0.3) is 0 Å². The zero-order valence-electron chi connectivity index (χ0n) is 9.49. The van der Waals surface area contributed by atoms with Crippen molar-refractivity contribution < 1.29 is 14.4 Å². The van der Waals surface area contributed by atoms with E-state index in [0.29, 0.717) is 0 Å². The summed E-state index contributed by atoms with van der Waals surface area (Å²) in [6, 6.07) is 0.184. The first-order chi connectivity index (χ1) is 7.06. The van der Waals surface area contributed by atoms with Crippen molar-refractivity contribution >= 4 is 8.80 Å². The van der Waals surface area contributed by atoms with Crippen molar-refractivity contribution in [2.45, 2.75) is 57.4 Å². The minimum Gasteiger partial charge on any atom is -0.390 e. The first-order valence-electron chi connectivity index (χ1n) is 5.84. The zero-order chi connectivity index (χ0) is 11.6. The van der Waals surface area contributed by atoms with Crippen LogP contribution in [0.2, 0.25) is 6.04 Å². The molecule has 0 aliphatic heterocycles. The molecule has 0 saturated heterocycles. The topological polar surface area (TPSA) is 60.7 Å². The van der Waals surface area contributed by atoms with Crippen LogP contribution >= 0.6 is 0 Å². The molecular weight excluding hydrogens is 208 g/mol. The zero-order valence-corrected chi connectivity index (χ0v) is 10.5. The summed E-state index contributed by atoms with van der Waals surface area (Å²) in [4.78, 5) is 26.3. The number of allylic oxidation sites excluding steroid dienone is 1. The molecule has 0 rings (SSSR count). The molecule has 0 aliphatic carbocycles. The van der Waals surface area contributed by atoms with Crippen LogP contribution in [0.25, 0.3) is 0 Å². The van der Waals surface area contributed by atoms with E-state index in [1.54, 1.807) is 0 Å². The van der Waals surface area contributed by atoms with Crippen molar-refractivity contribution in [3.63, 3.8) is 0 Å². The molecule has 90 valence electrons. The molecule has 15 heavy (non-hydrogen) atoms. The van der Waals surface area contributed by atoms with Gasteiger partial charge < -0.3 is 14.4 Å². The molecule has 0 amide bonds. The second kappa shape index (κ2) is 9.09. The van der Waals surface area contributed by atoms with Crippen LogP contribution < -0.4 is 0 Å². The summed E-state index contributed by atoms with van der Waals surface area (Å²) >= 11 is 0. The summed E-state index contributed by atoms with van der Waals surface area (Å²) in [5.41, 5.74) is 0. The lowest BCUT2D eigenvalue weighted by Crippen LogP contribution is -2.33. The average molecular weight is 232 g/mol. The third kappa shape index (κ3) is 13.8. The Morgan fingerprint density at radius 1 is 0.800 bits per heavy atom. The van der Waals surface area contributed by atoms with Gasteiger partial charge in [0.15, 0.2) is 0 Å². The first-order valence-corrected chi connectivity index (χ1v) is 7.89. The molecule has 0 aromatic carbocycles. The lowest BCUT2D eigenvalue weighted by Gasteiger charge is -2.08. The fraction of sp³-hybridized carbons (Fsp3) is 0.818. The van der Waals surface area contributed by atoms with Crippen molar-refractivity contribution in [2.75, 3.05) is 0 Å². The molecule has 0 unspecified atom stereocenters. The molecule has 4 heteroatoms. The van der Waals surface area contributed by atoms with E-state index in [1.165, 1.54) is 25.7 Å². The summed E-state index contributed by atoms with van der Waals surface area (Å²) in [5, 5.41) is 0. The van der Waals surface area contributed by atoms with E-state index in [2.05, 4.69) is 6.58 Å². The van der Waals surface area contributed by atoms with Crippen LogP contribution in [-0.4, -0.2) is 23.2 Å². The van der Waals surface area contributed by atoms with Gasteiger partial charge in [0.1, 0.15) is 0 Å². The molecule has 0 heterocycles. The minimum absolute atomic E-state index is 0.184. The summed E-state index contributed by atoms with van der Waals surface area (Å²) in [6.07, 6.45) is 10.8. The van der Waals surface area contributed by atoms with Gasteiger partial charge in [0.2, 0.25) is 0 Å². The maximum absolute atomic E-state index is 8.76. The number of hydrogen-bond donors (Lipinski definition) is 3. The van der Waals surface area contributed by atoms with Crippen molar-refractivity contribution in [2.24, 2.45) is 0 Å². The summed E-state index contributed by atoms with van der Waals surface area (Å²) in [7, 11) is -3.75. The highest BCUT2D eigenvalue weighted by Crippen LogP contribution is 2.11. The molecule has 0 aliphatic rings. The average Bonchev–Trinajstić information content (AvgIpc) is 2.14. The summed E-state index contributed by atoms with van der Waals surface area (Å²) in [6.45, 7) is 3.67. The van der Waals surface area contributed by atoms with Crippen LogP contribution in [0.4, 0.5) is 0 Å². The Labute approximate surface area is 93.8 Å². The molecule has 3 N–H and O–H groups in total. The molecular formula is C11H24O3Si. The maximum atomic E-state index is 8.76. The van der Waals surface area contributed by atoms with E-state index in [4.69, 9.17) is 14.4 Å². The SMILES string of the molecule is C=CCCCCCCCCC[Si](O)(O)O. The summed E-state index contributed by atoms with van der Waals surface area (Å²) in [5.74, 6) is 0. The minimum atomic E-state index is -3.75. The van der Waals surface area contributed by atoms with Gasteiger partial charge in [-0.1, -0.05) is 38.2 Å². The highest BCUT2D eigenvalue weighted by Gasteiger charge is 2.25. The summed E-state index contributed by atoms with van der Waals surface area (Å²) < 4.78 is 0. The van der Waals surface area contributed by atoms with E-state index in [-0.39, 0.29) is 6.04 Å². The van der Waals surface area contributed by atoms with Gasteiger partial charge in [-0.2, -0.15) is 0 Å². The lowest BCUT2D eigenvalue weighted by molar-refractivity contribution is 0.226. The Kier molecular flexibility index (Phi) is 8.99. The van der Waals surface area contributed by atoms with E-state index in [0.717, 1.165) is 25.7 Å². The molecule has 0 fully saturated rings. The number of rotatable bonds is 10. The molecule has 3 nitrogen and oxygen atoms in total. The van der Waals surface area contributed by atoms with Crippen molar-refractivity contribution in [1.29, 1.82) is 0 Å². The molecule has 0 aromatic rings. The highest BCUT2D eigenvalue weighted by molar-refractivity contribution is 6.56. The van der Waals surface area contributed by atoms with E-state index >= 15 is 0 Å². The monoisotopic (exact) mass is 232 g/mol. The quantitative estimate of drug-likeness (QED) is 0.307. The van der Waals surface area contributed by atoms with Gasteiger partial charge in [0, 0.05) is 6.04 Å². The Hall–Kier alpha value is -0.163. The molecule has 0 atom stereocenters. The van der Waals surface area contributed by atoms with Gasteiger partial charge in [-0.3, -0.25) is 0 Å². The third-order valence-corrected chi connectivity index (χ3v) is 3.44. The standard InChI is InChI=1S/C11H24O3Si/c1-2-3-4-5-6-7-8-9-10-11-15(12,13)14/h2,12-14H,1,3-11H2. The van der Waals surface area contributed by atoms with Crippen molar-refractivity contribution in [3.05, 3.63) is 12.7 Å². The van der Waals surface area contributed by atoms with Gasteiger partial charge in [0.05, 0.1) is 0 Å². The Bertz CT molecular complexity index is 154. The second-order valence-electron chi connectivity index (χ2n) is 4.08. The van der Waals surface area contributed by atoms with Crippen LogP contribution in [0.3, 0.4) is 0 Å². The van der Waals surface area contributed by atoms with E-state index in [1.807, 2.05) is 6.08 Å². The van der Waals surface area contributed by atoms with Crippen LogP contribution in [0.15, 0.2) is 12.7 Å². The van der Waals surface area contributed by atoms with Crippen molar-refractivity contribution in [3.8, 4) is 0 Å². The predicted octanol–water partition coefficient (Wildman–Crippen LogP) is 2.21. The predicted molar refractivity (Wildman–Crippen MR) is 64.4 cm³/mol. The van der Waals surface area contributed by atoms with Crippen LogP contribution in [0.1, 0.15) is 51.4 Å². The normalized spacial score (nSPS) is 11.7. The van der Waals surface area contributed by atoms with Crippen LogP contribution in [0, 0.1) is 0 Å². The molecule has 0 radical (unpaired) electrons. The van der Waals surface area contributed by atoms with Gasteiger partial charge >= 0.3 is 8.80 Å². The fourth-order valence-corrected chi connectivity index (χ4v) is 2.26. The first kappa shape index (κ1) is 14.8. The lowest BCUT2D eigenvalue weighted by atomic mass is 10.1. The smallest absolute Gasteiger partial charge is 0.390 e. The van der Waals surface area contributed by atoms with E-state index < -0.39 is 8.80 Å². The van der Waals surface area contributed by atoms with Crippen molar-refractivity contribution in [1.82, 2.24) is 0 Å². The van der Waals surface area contributed by atoms with Crippen LogP contribution in [0.5, 0.6) is 0 Å². The third-order valence-electron chi connectivity index (χ3n) is 2.42. The Morgan fingerprint density at radius 2 is 1.27 bits per heavy atom. The fourth-order valence-electron chi connectivity index (χ4n) is 1.53.